The van der Waals surface area contributed by atoms with Crippen molar-refractivity contribution in [1.29, 1.82) is 0 Å². The Morgan fingerprint density at radius 2 is 1.65 bits per heavy atom. The fourth-order valence-corrected chi connectivity index (χ4v) is 3.52. The quantitative estimate of drug-likeness (QED) is 0.644. The number of hydrogen-bond donors (Lipinski definition) is 0. The Balaban J connectivity index is 4.70. The lowest BCUT2D eigenvalue weighted by Gasteiger charge is -2.33. The third kappa shape index (κ3) is 5.41. The summed E-state index contributed by atoms with van der Waals surface area (Å²) in [6.07, 6.45) is 2.31. The molecule has 0 amide bonds. The van der Waals surface area contributed by atoms with Crippen molar-refractivity contribution in [2.45, 2.75) is 39.7 Å². The molecule has 0 atom stereocenters. The summed E-state index contributed by atoms with van der Waals surface area (Å²) in [4.78, 5) is 2.24. The molecule has 4 heteroatoms. The second kappa shape index (κ2) is 7.39. The van der Waals surface area contributed by atoms with Gasteiger partial charge in [0.05, 0.1) is 0 Å². The van der Waals surface area contributed by atoms with E-state index < -0.39 is 8.24 Å². The van der Waals surface area contributed by atoms with E-state index in [1.807, 2.05) is 0 Å². The van der Waals surface area contributed by atoms with E-state index in [2.05, 4.69) is 71.9 Å². The summed E-state index contributed by atoms with van der Waals surface area (Å²) >= 11 is 0. The molecule has 0 aromatic rings. The zero-order valence-electron chi connectivity index (χ0n) is 13.1. The molecule has 0 aliphatic rings. The normalized spacial score (nSPS) is 14.2. The molecule has 0 bridgehead atoms. The van der Waals surface area contributed by atoms with E-state index in [0.29, 0.717) is 0 Å². The van der Waals surface area contributed by atoms with Gasteiger partial charge in [0, 0.05) is 0 Å². The summed E-state index contributed by atoms with van der Waals surface area (Å²) in [5, 5.41) is 1.63. The van der Waals surface area contributed by atoms with Crippen molar-refractivity contribution in [3.8, 4) is 0 Å². The second-order valence-corrected chi connectivity index (χ2v) is 10.5. The molecular formula is C13H30BN2Si. The first-order chi connectivity index (χ1) is 7.73. The van der Waals surface area contributed by atoms with Crippen LogP contribution >= 0.6 is 0 Å². The number of hydrogen-bond acceptors (Lipinski definition) is 2. The largest absolute Gasteiger partial charge is 0.326 e. The van der Waals surface area contributed by atoms with Gasteiger partial charge in [0.2, 0.25) is 0 Å². The molecule has 0 N–H and O–H groups in total. The van der Waals surface area contributed by atoms with Crippen LogP contribution in [0.2, 0.25) is 19.4 Å². The molecule has 0 aromatic heterocycles. The standard InChI is InChI=1S/C13H30BN2Si/c1-9-13(14-10-11-15(3)4)12(2)17(7,8)16(5)6/h9-11H2,1-8H3/b13-12-. The van der Waals surface area contributed by atoms with Gasteiger partial charge in [0.1, 0.15) is 15.5 Å². The van der Waals surface area contributed by atoms with Crippen molar-refractivity contribution in [2.75, 3.05) is 34.7 Å². The topological polar surface area (TPSA) is 6.48 Å². The van der Waals surface area contributed by atoms with Crippen LogP contribution in [-0.4, -0.2) is 59.7 Å². The molecule has 0 aromatic carbocycles. The minimum absolute atomic E-state index is 1.14. The number of nitrogens with zero attached hydrogens (tertiary/aromatic N) is 2. The molecule has 0 spiro atoms. The average molecular weight is 253 g/mol. The van der Waals surface area contributed by atoms with Crippen LogP contribution in [0.15, 0.2) is 10.7 Å². The Hall–Kier alpha value is -0.0582. The van der Waals surface area contributed by atoms with Crippen molar-refractivity contribution in [2.24, 2.45) is 0 Å². The van der Waals surface area contributed by atoms with Crippen LogP contribution < -0.4 is 0 Å². The van der Waals surface area contributed by atoms with Crippen molar-refractivity contribution in [1.82, 2.24) is 9.47 Å². The van der Waals surface area contributed by atoms with Crippen LogP contribution in [0, 0.1) is 0 Å². The molecule has 99 valence electrons. The predicted molar refractivity (Wildman–Crippen MR) is 83.3 cm³/mol. The van der Waals surface area contributed by atoms with Gasteiger partial charge < -0.3 is 9.47 Å². The van der Waals surface area contributed by atoms with Crippen molar-refractivity contribution < 1.29 is 0 Å². The highest BCUT2D eigenvalue weighted by Crippen LogP contribution is 2.22. The smallest absolute Gasteiger partial charge is 0.148 e. The highest BCUT2D eigenvalue weighted by molar-refractivity contribution is 6.82. The fourth-order valence-electron chi connectivity index (χ4n) is 1.79. The maximum absolute atomic E-state index is 2.44. The van der Waals surface area contributed by atoms with Crippen molar-refractivity contribution >= 4 is 15.5 Å². The number of allylic oxidation sites excluding steroid dienone is 2. The SMILES string of the molecule is CC/C([B]CCN(C)C)=C(\C)[Si](C)(C)N(C)C. The minimum Gasteiger partial charge on any atom is -0.326 e. The number of rotatable bonds is 7. The molecule has 1 radical (unpaired) electrons. The molecule has 0 saturated carbocycles. The van der Waals surface area contributed by atoms with E-state index >= 15 is 0 Å². The molecule has 2 nitrogen and oxygen atoms in total. The van der Waals surface area contributed by atoms with E-state index in [-0.39, 0.29) is 0 Å². The maximum Gasteiger partial charge on any atom is 0.148 e. The van der Waals surface area contributed by atoms with Crippen molar-refractivity contribution in [3.63, 3.8) is 0 Å². The highest BCUT2D eigenvalue weighted by atomic mass is 28.3. The van der Waals surface area contributed by atoms with Crippen LogP contribution in [0.3, 0.4) is 0 Å². The molecule has 0 aliphatic heterocycles. The van der Waals surface area contributed by atoms with E-state index in [9.17, 15) is 0 Å². The summed E-state index contributed by atoms with van der Waals surface area (Å²) in [6, 6.07) is 0. The zero-order valence-corrected chi connectivity index (χ0v) is 14.1. The molecule has 0 fully saturated rings. The molecule has 17 heavy (non-hydrogen) atoms. The summed E-state index contributed by atoms with van der Waals surface area (Å²) in [6.45, 7) is 10.6. The zero-order chi connectivity index (χ0) is 13.6. The van der Waals surface area contributed by atoms with Crippen LogP contribution in [0.25, 0.3) is 0 Å². The van der Waals surface area contributed by atoms with Crippen LogP contribution in [0.5, 0.6) is 0 Å². The first kappa shape index (κ1) is 16.9. The fraction of sp³-hybridized carbons (Fsp3) is 0.846. The Labute approximate surface area is 110 Å². The Bertz CT molecular complexity index is 260. The van der Waals surface area contributed by atoms with Gasteiger partial charge in [-0.15, -0.1) is 5.47 Å². The Morgan fingerprint density at radius 1 is 1.12 bits per heavy atom. The summed E-state index contributed by atoms with van der Waals surface area (Å²) < 4.78 is 2.43. The third-order valence-corrected chi connectivity index (χ3v) is 8.26. The second-order valence-electron chi connectivity index (χ2n) is 5.75. The average Bonchev–Trinajstić information content (AvgIpc) is 2.22. The highest BCUT2D eigenvalue weighted by Gasteiger charge is 2.27. The van der Waals surface area contributed by atoms with Gasteiger partial charge in [0.25, 0.3) is 0 Å². The van der Waals surface area contributed by atoms with Gasteiger partial charge in [-0.2, -0.15) is 0 Å². The van der Waals surface area contributed by atoms with Gasteiger partial charge in [-0.3, -0.25) is 0 Å². The van der Waals surface area contributed by atoms with E-state index in [4.69, 9.17) is 0 Å². The predicted octanol–water partition coefficient (Wildman–Crippen LogP) is 2.66. The van der Waals surface area contributed by atoms with Crippen LogP contribution in [0.1, 0.15) is 20.3 Å². The molecule has 0 unspecified atom stereocenters. The minimum atomic E-state index is -1.38. The van der Waals surface area contributed by atoms with Gasteiger partial charge in [0.15, 0.2) is 0 Å². The monoisotopic (exact) mass is 253 g/mol. The Kier molecular flexibility index (Phi) is 7.37. The molecule has 0 saturated heterocycles. The van der Waals surface area contributed by atoms with Gasteiger partial charge in [-0.25, -0.2) is 0 Å². The third-order valence-electron chi connectivity index (χ3n) is 3.87. The van der Waals surface area contributed by atoms with Gasteiger partial charge >= 0.3 is 0 Å². The molecule has 0 aliphatic carbocycles. The van der Waals surface area contributed by atoms with E-state index in [1.54, 1.807) is 10.7 Å². The summed E-state index contributed by atoms with van der Waals surface area (Å²) in [5.74, 6) is 0. The lowest BCUT2D eigenvalue weighted by Crippen LogP contribution is -2.46. The molecule has 0 heterocycles. The first-order valence-electron chi connectivity index (χ1n) is 6.59. The lowest BCUT2D eigenvalue weighted by molar-refractivity contribution is 0.433. The maximum atomic E-state index is 2.44. The van der Waals surface area contributed by atoms with Gasteiger partial charge in [-0.05, 0) is 48.1 Å². The van der Waals surface area contributed by atoms with Crippen LogP contribution in [0.4, 0.5) is 0 Å². The molecular weight excluding hydrogens is 223 g/mol. The lowest BCUT2D eigenvalue weighted by atomic mass is 9.65. The van der Waals surface area contributed by atoms with E-state index in [1.165, 1.54) is 0 Å². The van der Waals surface area contributed by atoms with Gasteiger partial charge in [-0.1, -0.05) is 31.5 Å². The first-order valence-corrected chi connectivity index (χ1v) is 9.53. The van der Waals surface area contributed by atoms with Crippen LogP contribution in [-0.2, 0) is 0 Å². The summed E-state index contributed by atoms with van der Waals surface area (Å²) in [7, 11) is 9.75. The summed E-state index contributed by atoms with van der Waals surface area (Å²) in [5.41, 5.74) is 1.57. The Morgan fingerprint density at radius 3 is 2.00 bits per heavy atom. The van der Waals surface area contributed by atoms with E-state index in [0.717, 1.165) is 19.3 Å². The van der Waals surface area contributed by atoms with Crippen molar-refractivity contribution in [3.05, 3.63) is 10.7 Å². The molecule has 0 rings (SSSR count).